The van der Waals surface area contributed by atoms with Gasteiger partial charge in [-0.25, -0.2) is 10.1 Å². The standard InChI is InChI=1S/C7H10N6S/c1-4(8)5-2-14-7(11-5)12-6-9-3-10-13-6/h2-4H,8H2,1H3,(H2,9,10,11,12,13). The van der Waals surface area contributed by atoms with Crippen LogP contribution >= 0.6 is 11.3 Å². The summed E-state index contributed by atoms with van der Waals surface area (Å²) in [6.07, 6.45) is 1.43. The van der Waals surface area contributed by atoms with Crippen molar-refractivity contribution < 1.29 is 0 Å². The van der Waals surface area contributed by atoms with Crippen molar-refractivity contribution in [2.45, 2.75) is 13.0 Å². The summed E-state index contributed by atoms with van der Waals surface area (Å²) in [4.78, 5) is 8.20. The predicted octanol–water partition coefficient (Wildman–Crippen LogP) is 1.02. The van der Waals surface area contributed by atoms with Gasteiger partial charge < -0.3 is 11.1 Å². The van der Waals surface area contributed by atoms with E-state index >= 15 is 0 Å². The van der Waals surface area contributed by atoms with Gasteiger partial charge in [0, 0.05) is 11.4 Å². The Morgan fingerprint density at radius 1 is 1.64 bits per heavy atom. The van der Waals surface area contributed by atoms with Crippen LogP contribution in [0.3, 0.4) is 0 Å². The molecule has 2 aromatic rings. The van der Waals surface area contributed by atoms with Gasteiger partial charge in [0.25, 0.3) is 0 Å². The van der Waals surface area contributed by atoms with E-state index in [4.69, 9.17) is 5.73 Å². The number of anilines is 2. The van der Waals surface area contributed by atoms with Crippen LogP contribution < -0.4 is 11.1 Å². The van der Waals surface area contributed by atoms with Crippen molar-refractivity contribution in [1.29, 1.82) is 0 Å². The summed E-state index contributed by atoms with van der Waals surface area (Å²) in [6, 6.07) is -0.0449. The molecule has 4 N–H and O–H groups in total. The molecular formula is C7H10N6S. The fourth-order valence-corrected chi connectivity index (χ4v) is 1.73. The molecule has 0 bridgehead atoms. The average molecular weight is 210 g/mol. The van der Waals surface area contributed by atoms with Crippen LogP contribution in [0.1, 0.15) is 18.7 Å². The number of nitrogens with zero attached hydrogens (tertiary/aromatic N) is 3. The first-order valence-electron chi connectivity index (χ1n) is 4.09. The molecule has 0 aliphatic heterocycles. The lowest BCUT2D eigenvalue weighted by Gasteiger charge is -1.98. The molecule has 6 nitrogen and oxygen atoms in total. The van der Waals surface area contributed by atoms with Crippen molar-refractivity contribution in [3.05, 3.63) is 17.4 Å². The third-order valence-electron chi connectivity index (χ3n) is 1.63. The summed E-state index contributed by atoms with van der Waals surface area (Å²) in [7, 11) is 0. The lowest BCUT2D eigenvalue weighted by atomic mass is 10.3. The van der Waals surface area contributed by atoms with Gasteiger partial charge in [-0.1, -0.05) is 0 Å². The monoisotopic (exact) mass is 210 g/mol. The minimum atomic E-state index is -0.0449. The molecule has 0 amide bonds. The van der Waals surface area contributed by atoms with Gasteiger partial charge in [-0.3, -0.25) is 0 Å². The van der Waals surface area contributed by atoms with E-state index in [-0.39, 0.29) is 6.04 Å². The zero-order valence-corrected chi connectivity index (χ0v) is 8.38. The number of rotatable bonds is 3. The highest BCUT2D eigenvalue weighted by molar-refractivity contribution is 7.13. The van der Waals surface area contributed by atoms with Crippen LogP contribution in [0.4, 0.5) is 11.1 Å². The summed E-state index contributed by atoms with van der Waals surface area (Å²) in [5, 5.41) is 12.1. The molecule has 0 saturated heterocycles. The third-order valence-corrected chi connectivity index (χ3v) is 2.40. The fraction of sp³-hybridized carbons (Fsp3) is 0.286. The van der Waals surface area contributed by atoms with Gasteiger partial charge >= 0.3 is 0 Å². The van der Waals surface area contributed by atoms with E-state index < -0.39 is 0 Å². The lowest BCUT2D eigenvalue weighted by molar-refractivity contribution is 0.790. The molecular weight excluding hydrogens is 200 g/mol. The Labute approximate surface area is 84.6 Å². The summed E-state index contributed by atoms with van der Waals surface area (Å²) in [5.74, 6) is 0.579. The number of H-pyrrole nitrogens is 1. The second-order valence-corrected chi connectivity index (χ2v) is 3.68. The minimum Gasteiger partial charge on any atom is -0.323 e. The van der Waals surface area contributed by atoms with Crippen LogP contribution in [0.2, 0.25) is 0 Å². The normalized spacial score (nSPS) is 12.7. The van der Waals surface area contributed by atoms with Crippen LogP contribution in [0.5, 0.6) is 0 Å². The zero-order chi connectivity index (χ0) is 9.97. The predicted molar refractivity (Wildman–Crippen MR) is 54.4 cm³/mol. The van der Waals surface area contributed by atoms with Crippen LogP contribution in [0.25, 0.3) is 0 Å². The van der Waals surface area contributed by atoms with E-state index in [1.54, 1.807) is 0 Å². The fourth-order valence-electron chi connectivity index (χ4n) is 0.920. The summed E-state index contributed by atoms with van der Waals surface area (Å²) in [6.45, 7) is 1.90. The van der Waals surface area contributed by atoms with Crippen LogP contribution in [0, 0.1) is 0 Å². The second kappa shape index (κ2) is 3.72. The van der Waals surface area contributed by atoms with Crippen LogP contribution in [-0.4, -0.2) is 20.2 Å². The molecule has 0 aromatic carbocycles. The SMILES string of the molecule is CC(N)c1csc(Nc2ncn[nH]2)n1. The van der Waals surface area contributed by atoms with E-state index in [0.717, 1.165) is 10.8 Å². The molecule has 1 unspecified atom stereocenters. The Bertz CT molecular complexity index is 392. The highest BCUT2D eigenvalue weighted by Crippen LogP contribution is 2.20. The van der Waals surface area contributed by atoms with Gasteiger partial charge in [0.1, 0.15) is 6.33 Å². The highest BCUT2D eigenvalue weighted by atomic mass is 32.1. The van der Waals surface area contributed by atoms with Crippen molar-refractivity contribution >= 4 is 22.4 Å². The van der Waals surface area contributed by atoms with E-state index in [1.165, 1.54) is 17.7 Å². The zero-order valence-electron chi connectivity index (χ0n) is 7.56. The molecule has 0 fully saturated rings. The van der Waals surface area contributed by atoms with Crippen molar-refractivity contribution in [2.75, 3.05) is 5.32 Å². The van der Waals surface area contributed by atoms with E-state index in [2.05, 4.69) is 25.5 Å². The molecule has 2 rings (SSSR count). The molecule has 2 heterocycles. The molecule has 0 saturated carbocycles. The summed E-state index contributed by atoms with van der Waals surface area (Å²) in [5.41, 5.74) is 6.55. The summed E-state index contributed by atoms with van der Waals surface area (Å²) < 4.78 is 0. The van der Waals surface area contributed by atoms with Gasteiger partial charge in [0.05, 0.1) is 5.69 Å². The topological polar surface area (TPSA) is 92.5 Å². The first-order chi connectivity index (χ1) is 6.75. The smallest absolute Gasteiger partial charge is 0.224 e. The van der Waals surface area contributed by atoms with Crippen molar-refractivity contribution in [1.82, 2.24) is 20.2 Å². The van der Waals surface area contributed by atoms with Crippen LogP contribution in [-0.2, 0) is 0 Å². The number of aromatic nitrogens is 4. The number of nitrogens with two attached hydrogens (primary N) is 1. The maximum Gasteiger partial charge on any atom is 0.224 e. The maximum atomic E-state index is 5.68. The van der Waals surface area contributed by atoms with E-state index in [1.807, 2.05) is 12.3 Å². The van der Waals surface area contributed by atoms with Gasteiger partial charge in [0.15, 0.2) is 5.13 Å². The van der Waals surface area contributed by atoms with Crippen molar-refractivity contribution in [3.63, 3.8) is 0 Å². The Balaban J connectivity index is 2.11. The Hall–Kier alpha value is -1.47. The molecule has 0 aliphatic carbocycles. The molecule has 0 aliphatic rings. The molecule has 74 valence electrons. The Morgan fingerprint density at radius 2 is 2.50 bits per heavy atom. The molecule has 14 heavy (non-hydrogen) atoms. The molecule has 2 aromatic heterocycles. The van der Waals surface area contributed by atoms with E-state index in [9.17, 15) is 0 Å². The van der Waals surface area contributed by atoms with Gasteiger partial charge in [-0.2, -0.15) is 10.1 Å². The van der Waals surface area contributed by atoms with Gasteiger partial charge in [-0.05, 0) is 6.92 Å². The largest absolute Gasteiger partial charge is 0.323 e. The van der Waals surface area contributed by atoms with Crippen molar-refractivity contribution in [3.8, 4) is 0 Å². The first-order valence-corrected chi connectivity index (χ1v) is 4.97. The lowest BCUT2D eigenvalue weighted by Crippen LogP contribution is -2.05. The average Bonchev–Trinajstić information content (AvgIpc) is 2.75. The molecule has 7 heteroatoms. The molecule has 1 atom stereocenters. The Kier molecular flexibility index (Phi) is 2.42. The number of nitrogens with one attached hydrogen (secondary N) is 2. The third kappa shape index (κ3) is 1.88. The van der Waals surface area contributed by atoms with Crippen LogP contribution in [0.15, 0.2) is 11.7 Å². The minimum absolute atomic E-state index is 0.0449. The Morgan fingerprint density at radius 3 is 3.07 bits per heavy atom. The number of hydrogen-bond donors (Lipinski definition) is 3. The van der Waals surface area contributed by atoms with Gasteiger partial charge in [-0.15, -0.1) is 11.3 Å². The van der Waals surface area contributed by atoms with E-state index in [0.29, 0.717) is 5.95 Å². The maximum absolute atomic E-state index is 5.68. The number of thiazole rings is 1. The summed E-state index contributed by atoms with van der Waals surface area (Å²) >= 11 is 1.49. The van der Waals surface area contributed by atoms with Crippen molar-refractivity contribution in [2.24, 2.45) is 5.73 Å². The first kappa shape index (κ1) is 9.10. The second-order valence-electron chi connectivity index (χ2n) is 2.83. The van der Waals surface area contributed by atoms with Gasteiger partial charge in [0.2, 0.25) is 5.95 Å². The number of hydrogen-bond acceptors (Lipinski definition) is 6. The quantitative estimate of drug-likeness (QED) is 0.703. The highest BCUT2D eigenvalue weighted by Gasteiger charge is 2.06. The molecule has 0 radical (unpaired) electrons. The molecule has 0 spiro atoms. The number of aromatic amines is 1.